The zero-order valence-corrected chi connectivity index (χ0v) is 13.2. The van der Waals surface area contributed by atoms with Gasteiger partial charge in [-0.3, -0.25) is 4.79 Å². The predicted octanol–water partition coefficient (Wildman–Crippen LogP) is 4.75. The van der Waals surface area contributed by atoms with Crippen molar-refractivity contribution in [2.75, 3.05) is 6.61 Å². The number of aryl methyl sites for hydroxylation is 2. The average Bonchev–Trinajstić information content (AvgIpc) is 2.84. The van der Waals surface area contributed by atoms with Gasteiger partial charge in [0.1, 0.15) is 5.75 Å². The van der Waals surface area contributed by atoms with Crippen LogP contribution in [0, 0.1) is 13.8 Å². The number of carbonyl (C=O) groups excluding carboxylic acids is 1. The summed E-state index contributed by atoms with van der Waals surface area (Å²) in [6.07, 6.45) is 0. The van der Waals surface area contributed by atoms with Crippen LogP contribution in [0.1, 0.15) is 45.4 Å². The van der Waals surface area contributed by atoms with E-state index in [4.69, 9.17) is 4.74 Å². The van der Waals surface area contributed by atoms with Crippen molar-refractivity contribution in [3.05, 3.63) is 51.2 Å². The monoisotopic (exact) mass is 288 g/mol. The maximum atomic E-state index is 12.0. The lowest BCUT2D eigenvalue weighted by Crippen LogP contribution is -2.11. The van der Waals surface area contributed by atoms with Crippen molar-refractivity contribution in [1.82, 2.24) is 0 Å². The lowest BCUT2D eigenvalue weighted by molar-refractivity contribution is 0.0925. The highest BCUT2D eigenvalue weighted by molar-refractivity contribution is 7.14. The van der Waals surface area contributed by atoms with E-state index in [1.165, 1.54) is 16.9 Å². The number of ketones is 1. The summed E-state index contributed by atoms with van der Waals surface area (Å²) < 4.78 is 5.71. The van der Waals surface area contributed by atoms with Crippen LogP contribution in [0.3, 0.4) is 0 Å². The first-order valence-electron chi connectivity index (χ1n) is 6.80. The molecule has 0 amide bonds. The van der Waals surface area contributed by atoms with Gasteiger partial charge in [-0.25, -0.2) is 0 Å². The maximum Gasteiger partial charge on any atom is 0.210 e. The second-order valence-electron chi connectivity index (χ2n) is 5.30. The Morgan fingerprint density at radius 1 is 1.20 bits per heavy atom. The molecule has 0 aliphatic heterocycles. The number of hydrogen-bond donors (Lipinski definition) is 0. The van der Waals surface area contributed by atoms with Crippen molar-refractivity contribution < 1.29 is 9.53 Å². The van der Waals surface area contributed by atoms with Crippen molar-refractivity contribution in [1.29, 1.82) is 0 Å². The lowest BCUT2D eigenvalue weighted by Gasteiger charge is -2.12. The Balaban J connectivity index is 2.07. The van der Waals surface area contributed by atoms with Crippen LogP contribution < -0.4 is 4.74 Å². The molecule has 0 bridgehead atoms. The van der Waals surface area contributed by atoms with Gasteiger partial charge in [-0.1, -0.05) is 26.0 Å². The molecule has 2 aromatic rings. The molecule has 0 aliphatic carbocycles. The fourth-order valence-electron chi connectivity index (χ4n) is 1.93. The molecule has 0 radical (unpaired) electrons. The van der Waals surface area contributed by atoms with Crippen molar-refractivity contribution in [3.8, 4) is 5.75 Å². The number of benzene rings is 1. The minimum Gasteiger partial charge on any atom is -0.485 e. The van der Waals surface area contributed by atoms with Gasteiger partial charge in [-0.15, -0.1) is 11.3 Å². The molecule has 20 heavy (non-hydrogen) atoms. The summed E-state index contributed by atoms with van der Waals surface area (Å²) in [5.74, 6) is 1.30. The van der Waals surface area contributed by atoms with Crippen molar-refractivity contribution in [2.24, 2.45) is 0 Å². The number of rotatable bonds is 5. The Morgan fingerprint density at radius 2 is 1.95 bits per heavy atom. The van der Waals surface area contributed by atoms with Gasteiger partial charge in [0.25, 0.3) is 0 Å². The Hall–Kier alpha value is -1.61. The quantitative estimate of drug-likeness (QED) is 0.742. The summed E-state index contributed by atoms with van der Waals surface area (Å²) in [4.78, 5) is 14.0. The molecular formula is C17H20O2S. The van der Waals surface area contributed by atoms with E-state index in [2.05, 4.69) is 19.9 Å². The van der Waals surface area contributed by atoms with E-state index in [9.17, 15) is 4.79 Å². The molecule has 1 heterocycles. The van der Waals surface area contributed by atoms with Crippen LogP contribution in [0.15, 0.2) is 30.3 Å². The van der Waals surface area contributed by atoms with Gasteiger partial charge < -0.3 is 4.74 Å². The number of Topliss-reactive ketones (excluding diaryl/α,β-unsaturated/α-hetero) is 1. The zero-order valence-electron chi connectivity index (χ0n) is 12.4. The first kappa shape index (κ1) is 14.8. The number of thiophene rings is 1. The summed E-state index contributed by atoms with van der Waals surface area (Å²) >= 11 is 1.51. The van der Waals surface area contributed by atoms with Crippen LogP contribution in [-0.2, 0) is 0 Å². The van der Waals surface area contributed by atoms with Crippen LogP contribution in [0.4, 0.5) is 0 Å². The minimum absolute atomic E-state index is 0.0393. The van der Waals surface area contributed by atoms with Gasteiger partial charge in [0, 0.05) is 4.88 Å². The van der Waals surface area contributed by atoms with Gasteiger partial charge >= 0.3 is 0 Å². The molecule has 0 fully saturated rings. The molecule has 0 atom stereocenters. The number of carbonyl (C=O) groups is 1. The third kappa shape index (κ3) is 3.48. The third-order valence-corrected chi connectivity index (χ3v) is 4.29. The molecule has 3 heteroatoms. The fraction of sp³-hybridized carbons (Fsp3) is 0.353. The van der Waals surface area contributed by atoms with E-state index < -0.39 is 0 Å². The average molecular weight is 288 g/mol. The minimum atomic E-state index is 0.0393. The second kappa shape index (κ2) is 6.23. The van der Waals surface area contributed by atoms with Crippen LogP contribution in [0.2, 0.25) is 0 Å². The predicted molar refractivity (Wildman–Crippen MR) is 84.1 cm³/mol. The molecule has 2 nitrogen and oxygen atoms in total. The largest absolute Gasteiger partial charge is 0.485 e. The SMILES string of the molecule is Cc1ccc(C(=O)COc2cc(C(C)C)ccc2C)s1. The fourth-order valence-corrected chi connectivity index (χ4v) is 2.72. The zero-order chi connectivity index (χ0) is 14.7. The Bertz CT molecular complexity index is 611. The van der Waals surface area contributed by atoms with E-state index in [-0.39, 0.29) is 12.4 Å². The number of hydrogen-bond acceptors (Lipinski definition) is 3. The molecule has 2 rings (SSSR count). The van der Waals surface area contributed by atoms with Crippen LogP contribution in [0.25, 0.3) is 0 Å². The van der Waals surface area contributed by atoms with Crippen molar-refractivity contribution >= 4 is 17.1 Å². The van der Waals surface area contributed by atoms with Crippen LogP contribution in [-0.4, -0.2) is 12.4 Å². The van der Waals surface area contributed by atoms with E-state index in [0.29, 0.717) is 5.92 Å². The summed E-state index contributed by atoms with van der Waals surface area (Å²) in [6.45, 7) is 8.39. The van der Waals surface area contributed by atoms with Gasteiger partial charge in [0.2, 0.25) is 5.78 Å². The summed E-state index contributed by atoms with van der Waals surface area (Å²) in [5.41, 5.74) is 2.29. The molecule has 0 saturated carbocycles. The highest BCUT2D eigenvalue weighted by Crippen LogP contribution is 2.24. The van der Waals surface area contributed by atoms with E-state index in [1.54, 1.807) is 0 Å². The third-order valence-electron chi connectivity index (χ3n) is 3.25. The van der Waals surface area contributed by atoms with E-state index in [0.717, 1.165) is 21.1 Å². The molecule has 0 N–H and O–H groups in total. The van der Waals surface area contributed by atoms with Gasteiger partial charge in [-0.2, -0.15) is 0 Å². The van der Waals surface area contributed by atoms with E-state index in [1.807, 2.05) is 38.1 Å². The molecule has 0 aliphatic rings. The smallest absolute Gasteiger partial charge is 0.210 e. The van der Waals surface area contributed by atoms with E-state index >= 15 is 0 Å². The van der Waals surface area contributed by atoms with Gasteiger partial charge in [0.05, 0.1) is 4.88 Å². The Morgan fingerprint density at radius 3 is 2.55 bits per heavy atom. The van der Waals surface area contributed by atoms with Gasteiger partial charge in [-0.05, 0) is 49.1 Å². The molecule has 0 saturated heterocycles. The topological polar surface area (TPSA) is 26.3 Å². The molecule has 1 aromatic heterocycles. The molecule has 0 spiro atoms. The molecule has 1 aromatic carbocycles. The van der Waals surface area contributed by atoms with Crippen LogP contribution in [0.5, 0.6) is 5.75 Å². The lowest BCUT2D eigenvalue weighted by atomic mass is 10.0. The van der Waals surface area contributed by atoms with Crippen molar-refractivity contribution in [3.63, 3.8) is 0 Å². The Kier molecular flexibility index (Phi) is 4.61. The van der Waals surface area contributed by atoms with Gasteiger partial charge in [0.15, 0.2) is 6.61 Å². The molecular weight excluding hydrogens is 268 g/mol. The van der Waals surface area contributed by atoms with Crippen LogP contribution >= 0.6 is 11.3 Å². The summed E-state index contributed by atoms with van der Waals surface area (Å²) in [6, 6.07) is 10.0. The first-order chi connectivity index (χ1) is 9.47. The summed E-state index contributed by atoms with van der Waals surface area (Å²) in [7, 11) is 0. The number of ether oxygens (including phenoxy) is 1. The normalized spacial score (nSPS) is 10.8. The first-order valence-corrected chi connectivity index (χ1v) is 7.62. The standard InChI is InChI=1S/C17H20O2S/c1-11(2)14-7-5-12(3)16(9-14)19-10-15(18)17-8-6-13(4)20-17/h5-9,11H,10H2,1-4H3. The second-order valence-corrected chi connectivity index (χ2v) is 6.59. The highest BCUT2D eigenvalue weighted by atomic mass is 32.1. The molecule has 0 unspecified atom stereocenters. The highest BCUT2D eigenvalue weighted by Gasteiger charge is 2.11. The summed E-state index contributed by atoms with van der Waals surface area (Å²) in [5, 5.41) is 0. The molecule has 106 valence electrons. The Labute approximate surface area is 124 Å². The van der Waals surface area contributed by atoms with Crippen molar-refractivity contribution in [2.45, 2.75) is 33.6 Å². The maximum absolute atomic E-state index is 12.0.